The summed E-state index contributed by atoms with van der Waals surface area (Å²) in [6, 6.07) is 35.3. The second-order valence-corrected chi connectivity index (χ2v) is 22.6. The third-order valence-electron chi connectivity index (χ3n) is 15.7. The lowest BCUT2D eigenvalue weighted by Crippen LogP contribution is -2.14. The number of benzene rings is 8. The number of methoxy groups -OCH3 is 6. The highest BCUT2D eigenvalue weighted by Gasteiger charge is 2.35. The Bertz CT molecular complexity index is 5530. The summed E-state index contributed by atoms with van der Waals surface area (Å²) in [5.74, 6) is -1.13. The van der Waals surface area contributed by atoms with Crippen LogP contribution in [-0.4, -0.2) is 92.2 Å². The van der Waals surface area contributed by atoms with Gasteiger partial charge in [-0.1, -0.05) is 66.7 Å². The van der Waals surface area contributed by atoms with E-state index >= 15 is 0 Å². The summed E-state index contributed by atoms with van der Waals surface area (Å²) < 4.78 is 71.0. The van der Waals surface area contributed by atoms with Crippen molar-refractivity contribution in [2.24, 2.45) is 0 Å². The van der Waals surface area contributed by atoms with Crippen molar-refractivity contribution in [3.05, 3.63) is 227 Å². The van der Waals surface area contributed by atoms with Gasteiger partial charge in [0.25, 0.3) is 17.1 Å². The number of hydrogen-bond acceptors (Lipinski definition) is 30. The number of carbonyl (C=O) groups is 5. The number of hydrogen-bond donors (Lipinski definition) is 0. The van der Waals surface area contributed by atoms with Crippen LogP contribution < -0.4 is 45.3 Å². The largest absolute Gasteiger partial charge is 0.496 e. The Labute approximate surface area is 609 Å². The van der Waals surface area contributed by atoms with Gasteiger partial charge in [-0.3, -0.25) is 64.4 Å². The molecule has 2 atom stereocenters. The topological polar surface area (TPSA) is 450 Å². The van der Waals surface area contributed by atoms with E-state index in [0.29, 0.717) is 67.0 Å². The van der Waals surface area contributed by atoms with Crippen LogP contribution in [0.15, 0.2) is 155 Å². The van der Waals surface area contributed by atoms with Gasteiger partial charge in [-0.05, 0) is 65.0 Å². The molecule has 0 saturated heterocycles. The molecule has 11 rings (SSSR count). The molecule has 108 heavy (non-hydrogen) atoms. The van der Waals surface area contributed by atoms with Crippen molar-refractivity contribution in [2.75, 3.05) is 42.7 Å². The molecule has 0 aliphatic rings. The van der Waals surface area contributed by atoms with E-state index in [9.17, 15) is 78.8 Å². The summed E-state index contributed by atoms with van der Waals surface area (Å²) in [5.41, 5.74) is -2.64. The monoisotopic (exact) mass is 1490 g/mol. The Morgan fingerprint density at radius 1 is 0.407 bits per heavy atom. The highest BCUT2D eigenvalue weighted by Crippen LogP contribution is 2.46. The van der Waals surface area contributed by atoms with Crippen molar-refractivity contribution >= 4 is 118 Å². The molecule has 0 radical (unpaired) electrons. The average molecular weight is 1490 g/mol. The van der Waals surface area contributed by atoms with Crippen LogP contribution in [0.25, 0.3) is 65.2 Å². The maximum atomic E-state index is 12.1. The van der Waals surface area contributed by atoms with Gasteiger partial charge in [0.1, 0.15) is 54.5 Å². The molecule has 11 aromatic rings. The second kappa shape index (κ2) is 36.4. The van der Waals surface area contributed by atoms with E-state index in [1.54, 1.807) is 68.4 Å². The summed E-state index contributed by atoms with van der Waals surface area (Å²) in [6.07, 6.45) is -1.37. The molecule has 0 aliphatic carbocycles. The van der Waals surface area contributed by atoms with Crippen molar-refractivity contribution in [2.45, 2.75) is 80.5 Å². The first-order valence-corrected chi connectivity index (χ1v) is 31.7. The summed E-state index contributed by atoms with van der Waals surface area (Å²) in [4.78, 5) is 133. The first-order valence-electron chi connectivity index (χ1n) is 31.7. The highest BCUT2D eigenvalue weighted by molar-refractivity contribution is 6.14. The molecule has 0 fully saturated rings. The number of nitrogens with zero attached hydrogens (tertiary/aromatic N) is 4. The van der Waals surface area contributed by atoms with Gasteiger partial charge in [0, 0.05) is 81.5 Å². The smallest absolute Gasteiger partial charge is 0.415 e. The number of rotatable bonds is 20. The zero-order valence-electron chi connectivity index (χ0n) is 59.9. The third-order valence-corrected chi connectivity index (χ3v) is 15.7. The molecule has 0 N–H and O–H groups in total. The highest BCUT2D eigenvalue weighted by atomic mass is 16.6. The fourth-order valence-electron chi connectivity index (χ4n) is 11.4. The van der Waals surface area contributed by atoms with Crippen LogP contribution in [0.5, 0.6) is 34.5 Å². The lowest BCUT2D eigenvalue weighted by molar-refractivity contribution is -0.389. The Morgan fingerprint density at radius 3 is 1.43 bits per heavy atom. The van der Waals surface area contributed by atoms with Gasteiger partial charge in [-0.25, -0.2) is 14.4 Å². The van der Waals surface area contributed by atoms with E-state index in [2.05, 4.69) is 0 Å². The Kier molecular flexibility index (Phi) is 27.4. The van der Waals surface area contributed by atoms with Crippen molar-refractivity contribution in [3.63, 3.8) is 0 Å². The minimum absolute atomic E-state index is 0.00644. The van der Waals surface area contributed by atoms with Crippen LogP contribution >= 0.6 is 0 Å². The van der Waals surface area contributed by atoms with E-state index in [1.165, 1.54) is 88.6 Å². The summed E-state index contributed by atoms with van der Waals surface area (Å²) in [5, 5.41) is 51.0. The van der Waals surface area contributed by atoms with Gasteiger partial charge in [0.15, 0.2) is 22.7 Å². The van der Waals surface area contributed by atoms with Gasteiger partial charge < -0.3 is 65.4 Å². The normalized spacial score (nSPS) is 11.1. The number of esters is 5. The van der Waals surface area contributed by atoms with Crippen LogP contribution in [0.1, 0.15) is 88.5 Å². The molecule has 0 saturated carbocycles. The third kappa shape index (κ3) is 19.0. The molecule has 3 heterocycles. The van der Waals surface area contributed by atoms with Crippen LogP contribution in [-0.2, 0) is 67.5 Å². The minimum atomic E-state index is -1.38. The lowest BCUT2D eigenvalue weighted by atomic mass is 9.92. The molecule has 0 spiro atoms. The van der Waals surface area contributed by atoms with Crippen molar-refractivity contribution < 1.29 is 109 Å². The van der Waals surface area contributed by atoms with Crippen LogP contribution in [0, 0.1) is 40.5 Å². The molecular weight excluding hydrogens is 1420 g/mol. The van der Waals surface area contributed by atoms with Gasteiger partial charge in [0.05, 0.1) is 95.9 Å². The van der Waals surface area contributed by atoms with Crippen molar-refractivity contribution in [3.8, 4) is 34.5 Å². The number of carbonyl (C=O) groups excluding carboxylic acids is 5. The summed E-state index contributed by atoms with van der Waals surface area (Å²) in [7, 11) is 8.34. The van der Waals surface area contributed by atoms with E-state index in [1.807, 2.05) is 48.5 Å². The SMILES string of the molecule is CC(=O)OC(C)c1c([N+](=O)[O-])c2ccccc2c2ccccc12.CC(=O)OC(C)c1c([N+](=O)[O-])ccc2ccccc12.COc1cc(OC)c2c(COC(C)=O)cc(=O)oc2c1.COc1cc([N+](=O)[O-])c2c(COC(C)=O)c([N+](=O)[O-])c(=O)oc2c1OC.COc1ccc2c(COC(C)=O)cc(=O)oc2c1OC. The Hall–Kier alpha value is -14.1. The fraction of sp³-hybridized carbons (Fsp3) is 0.243. The molecule has 2 unspecified atom stereocenters. The molecule has 0 aliphatic heterocycles. The Balaban J connectivity index is 0.000000189. The van der Waals surface area contributed by atoms with Crippen LogP contribution in [0.3, 0.4) is 0 Å². The molecule has 564 valence electrons. The summed E-state index contributed by atoms with van der Waals surface area (Å²) in [6.45, 7) is 8.74. The van der Waals surface area contributed by atoms with Crippen LogP contribution in [0.2, 0.25) is 0 Å². The molecular formula is C74H68N4O30. The fourth-order valence-corrected chi connectivity index (χ4v) is 11.4. The first-order chi connectivity index (χ1) is 51.3. The molecule has 0 amide bonds. The lowest BCUT2D eigenvalue weighted by Gasteiger charge is -2.17. The van der Waals surface area contributed by atoms with Crippen molar-refractivity contribution in [1.82, 2.24) is 0 Å². The minimum Gasteiger partial charge on any atom is -0.496 e. The Morgan fingerprint density at radius 2 is 0.898 bits per heavy atom. The van der Waals surface area contributed by atoms with Gasteiger partial charge in [-0.15, -0.1) is 0 Å². The van der Waals surface area contributed by atoms with E-state index < -0.39 is 113 Å². The molecule has 34 nitrogen and oxygen atoms in total. The zero-order valence-corrected chi connectivity index (χ0v) is 59.9. The number of ether oxygens (including phenoxy) is 11. The first kappa shape index (κ1) is 81.2. The molecule has 3 aromatic heterocycles. The maximum Gasteiger partial charge on any atom is 0.415 e. The molecule has 8 aromatic carbocycles. The van der Waals surface area contributed by atoms with E-state index in [0.717, 1.165) is 39.9 Å². The maximum absolute atomic E-state index is 12.1. The van der Waals surface area contributed by atoms with Crippen molar-refractivity contribution in [1.29, 1.82) is 0 Å². The molecule has 0 bridgehead atoms. The quantitative estimate of drug-likeness (QED) is 0.0171. The summed E-state index contributed by atoms with van der Waals surface area (Å²) >= 11 is 0. The van der Waals surface area contributed by atoms with E-state index in [-0.39, 0.29) is 41.7 Å². The van der Waals surface area contributed by atoms with Gasteiger partial charge in [-0.2, -0.15) is 0 Å². The standard InChI is InChI=1S/C18H15NO4.C14H12N2O10.C14H13NO4.2C14H14O6/c1-11(23-12(2)20)17-15-9-5-3-7-13(15)14-8-4-6-10-16(14)18(17)19(21)22;1-6(17)25-5-7-10-8(15(19)20)4-9(23-2)12(24-3)13(10)26-14(18)11(7)16(21)22;1-9(19-10(2)16)14-12-6-4-3-5-11(12)7-8-13(14)15(17)18;1-8(15)19-7-9-4-13(16)20-12-6-10(17-2)5-11(18-3)14(9)12;1-8(15)19-7-9-6-12(16)20-13-10(9)4-5-11(17-2)14(13)18-3/h3-11H,1-2H3;4H,5H2,1-3H3;3-9H,1-2H3;2*4-6H,7H2,1-3H3. The molecule has 34 heteroatoms. The predicted molar refractivity (Wildman–Crippen MR) is 386 cm³/mol. The van der Waals surface area contributed by atoms with Gasteiger partial charge >= 0.3 is 52.4 Å². The van der Waals surface area contributed by atoms with E-state index in [4.69, 9.17) is 65.4 Å². The average Bonchev–Trinajstić information content (AvgIpc) is 0.757. The zero-order chi connectivity index (χ0) is 79.5. The number of fused-ring (bicyclic) bond motifs is 7. The number of non-ortho nitro benzene ring substituents is 1. The number of nitro benzene ring substituents is 3. The van der Waals surface area contributed by atoms with Crippen LogP contribution in [0.4, 0.5) is 22.7 Å². The van der Waals surface area contributed by atoms with Gasteiger partial charge in [0.2, 0.25) is 11.5 Å². The predicted octanol–water partition coefficient (Wildman–Crippen LogP) is 13.3. The number of nitro groups is 4. The second-order valence-electron chi connectivity index (χ2n) is 22.6.